The van der Waals surface area contributed by atoms with Crippen molar-refractivity contribution < 1.29 is 44.2 Å². The van der Waals surface area contributed by atoms with Crippen molar-refractivity contribution in [1.29, 1.82) is 0 Å². The fourth-order valence-electron chi connectivity index (χ4n) is 2.49. The summed E-state index contributed by atoms with van der Waals surface area (Å²) in [5.41, 5.74) is -0.802. The number of rotatable bonds is 2. The summed E-state index contributed by atoms with van der Waals surface area (Å²) in [5.74, 6) is 0.171. The van der Waals surface area contributed by atoms with Crippen LogP contribution in [0.1, 0.15) is 25.7 Å². The van der Waals surface area contributed by atoms with Gasteiger partial charge in [-0.3, -0.25) is 0 Å². The molecule has 0 saturated heterocycles. The summed E-state index contributed by atoms with van der Waals surface area (Å²) in [6, 6.07) is 0. The average Bonchev–Trinajstić information content (AvgIpc) is 2.19. The molecule has 0 unspecified atom stereocenters. The first kappa shape index (κ1) is 12.1. The summed E-state index contributed by atoms with van der Waals surface area (Å²) >= 11 is 0. The van der Waals surface area contributed by atoms with E-state index < -0.39 is 11.4 Å². The van der Waals surface area contributed by atoms with Crippen molar-refractivity contribution in [1.82, 2.24) is 0 Å². The molecule has 2 bridgehead atoms. The van der Waals surface area contributed by atoms with E-state index in [1.165, 1.54) is 7.11 Å². The molecule has 0 aromatic rings. The minimum absolute atomic E-state index is 0. The van der Waals surface area contributed by atoms with E-state index in [0.29, 0.717) is 24.5 Å². The number of fused-ring (bicyclic) bond motifs is 2. The van der Waals surface area contributed by atoms with Gasteiger partial charge >= 0.3 is 29.6 Å². The van der Waals surface area contributed by atoms with E-state index in [2.05, 4.69) is 0 Å². The van der Waals surface area contributed by atoms with Crippen LogP contribution in [0.4, 0.5) is 0 Å². The van der Waals surface area contributed by atoms with Crippen LogP contribution in [-0.2, 0) is 9.53 Å². The predicted molar refractivity (Wildman–Crippen MR) is 44.5 cm³/mol. The Morgan fingerprint density at radius 3 is 2.50 bits per heavy atom. The van der Waals surface area contributed by atoms with Crippen LogP contribution in [0.5, 0.6) is 0 Å². The van der Waals surface area contributed by atoms with Gasteiger partial charge in [0.1, 0.15) is 5.76 Å². The number of allylic oxidation sites excluding steroid dienone is 1. The Hall–Kier alpha value is 0.0100. The molecule has 3 aliphatic carbocycles. The van der Waals surface area contributed by atoms with Crippen LogP contribution in [0.15, 0.2) is 11.8 Å². The van der Waals surface area contributed by atoms with Crippen molar-refractivity contribution in [3.63, 3.8) is 0 Å². The van der Waals surface area contributed by atoms with E-state index in [-0.39, 0.29) is 29.6 Å². The molecule has 3 nitrogen and oxygen atoms in total. The molecule has 1 saturated carbocycles. The molecule has 0 spiro atoms. The third-order valence-electron chi connectivity index (χ3n) is 3.35. The second-order valence-corrected chi connectivity index (χ2v) is 3.94. The summed E-state index contributed by atoms with van der Waals surface area (Å²) in [6.07, 6.45) is 5.24. The largest absolute Gasteiger partial charge is 1.00 e. The molecule has 0 amide bonds. The second kappa shape index (κ2) is 4.25. The van der Waals surface area contributed by atoms with Crippen molar-refractivity contribution in [2.45, 2.75) is 25.7 Å². The predicted octanol–water partition coefficient (Wildman–Crippen LogP) is -2.54. The van der Waals surface area contributed by atoms with Gasteiger partial charge in [0.05, 0.1) is 18.5 Å². The van der Waals surface area contributed by atoms with Gasteiger partial charge in [0.15, 0.2) is 0 Å². The summed E-state index contributed by atoms with van der Waals surface area (Å²) in [6.45, 7) is 0. The third kappa shape index (κ3) is 1.62. The van der Waals surface area contributed by atoms with Gasteiger partial charge in [-0.15, -0.1) is 0 Å². The zero-order valence-corrected chi connectivity index (χ0v) is 10.7. The molecule has 0 aliphatic heterocycles. The Kier molecular flexibility index (Phi) is 3.67. The number of hydrogen-bond donors (Lipinski definition) is 0. The quantitative estimate of drug-likeness (QED) is 0.466. The number of hydrogen-bond acceptors (Lipinski definition) is 3. The zero-order chi connectivity index (χ0) is 9.47. The van der Waals surface area contributed by atoms with Crippen LogP contribution in [0, 0.1) is 11.3 Å². The van der Waals surface area contributed by atoms with Gasteiger partial charge in [0.2, 0.25) is 0 Å². The van der Waals surface area contributed by atoms with Gasteiger partial charge < -0.3 is 14.6 Å². The van der Waals surface area contributed by atoms with Gasteiger partial charge in [-0.25, -0.2) is 0 Å². The minimum Gasteiger partial charge on any atom is -0.549 e. The van der Waals surface area contributed by atoms with Gasteiger partial charge in [-0.05, 0) is 37.7 Å². The van der Waals surface area contributed by atoms with Crippen LogP contribution < -0.4 is 34.7 Å². The topological polar surface area (TPSA) is 49.4 Å². The van der Waals surface area contributed by atoms with Crippen molar-refractivity contribution in [3.8, 4) is 0 Å². The number of carboxylic acid groups (broad SMARTS) is 1. The molecule has 0 N–H and O–H groups in total. The maximum atomic E-state index is 11.1. The Bertz CT molecular complexity index is 265. The molecule has 0 aromatic carbocycles. The third-order valence-corrected chi connectivity index (χ3v) is 3.35. The monoisotopic (exact) mass is 204 g/mol. The maximum absolute atomic E-state index is 11.1. The molecular weight excluding hydrogens is 191 g/mol. The van der Waals surface area contributed by atoms with Crippen molar-refractivity contribution in [2.75, 3.05) is 7.11 Å². The molecule has 0 atom stereocenters. The van der Waals surface area contributed by atoms with E-state index in [1.54, 1.807) is 0 Å². The maximum Gasteiger partial charge on any atom is 1.00 e. The number of carbonyl (C=O) groups excluding carboxylic acids is 1. The van der Waals surface area contributed by atoms with Crippen LogP contribution in [0.2, 0.25) is 0 Å². The van der Waals surface area contributed by atoms with Crippen molar-refractivity contribution in [2.24, 2.45) is 11.3 Å². The van der Waals surface area contributed by atoms with Crippen LogP contribution >= 0.6 is 0 Å². The molecule has 0 aromatic heterocycles. The molecule has 0 radical (unpaired) electrons. The van der Waals surface area contributed by atoms with Crippen LogP contribution in [-0.4, -0.2) is 13.1 Å². The Morgan fingerprint density at radius 2 is 2.14 bits per heavy atom. The van der Waals surface area contributed by atoms with E-state index in [4.69, 9.17) is 4.74 Å². The normalized spacial score (nSPS) is 34.4. The fraction of sp³-hybridized carbons (Fsp3) is 0.700. The van der Waals surface area contributed by atoms with Gasteiger partial charge in [0.25, 0.3) is 0 Å². The number of carboxylic acids is 1. The minimum atomic E-state index is -0.973. The van der Waals surface area contributed by atoms with Crippen molar-refractivity contribution in [3.05, 3.63) is 11.8 Å². The smallest absolute Gasteiger partial charge is 0.549 e. The first-order valence-electron chi connectivity index (χ1n) is 4.67. The summed E-state index contributed by atoms with van der Waals surface area (Å²) in [4.78, 5) is 11.1. The Labute approximate surface area is 106 Å². The van der Waals surface area contributed by atoms with Crippen LogP contribution in [0.25, 0.3) is 0 Å². The number of carbonyl (C=O) groups is 1. The molecule has 3 rings (SSSR count). The van der Waals surface area contributed by atoms with Gasteiger partial charge in [-0.1, -0.05) is 0 Å². The summed E-state index contributed by atoms with van der Waals surface area (Å²) in [5, 5.41) is 11.1. The van der Waals surface area contributed by atoms with Gasteiger partial charge in [-0.2, -0.15) is 0 Å². The molecule has 4 heteroatoms. The standard InChI is InChI=1S/C10H14O3.Na/c1-13-8-6-7-2-4-10(8,5-3-7)9(11)12;/h6-7H,2-5H2,1H3,(H,11,12);/q;+1/p-1. The molecule has 1 fully saturated rings. The second-order valence-electron chi connectivity index (χ2n) is 3.94. The zero-order valence-electron chi connectivity index (χ0n) is 8.71. The first-order chi connectivity index (χ1) is 6.19. The van der Waals surface area contributed by atoms with Crippen molar-refractivity contribution >= 4 is 5.97 Å². The molecule has 3 aliphatic rings. The van der Waals surface area contributed by atoms with E-state index in [9.17, 15) is 9.90 Å². The number of ether oxygens (including phenoxy) is 1. The van der Waals surface area contributed by atoms with E-state index in [1.807, 2.05) is 6.08 Å². The molecule has 72 valence electrons. The number of aliphatic carboxylic acids is 1. The number of methoxy groups -OCH3 is 1. The Morgan fingerprint density at radius 1 is 1.57 bits per heavy atom. The van der Waals surface area contributed by atoms with E-state index >= 15 is 0 Å². The summed E-state index contributed by atoms with van der Waals surface area (Å²) in [7, 11) is 1.54. The molecule has 14 heavy (non-hydrogen) atoms. The van der Waals surface area contributed by atoms with Gasteiger partial charge in [0, 0.05) is 0 Å². The van der Waals surface area contributed by atoms with E-state index in [0.717, 1.165) is 12.8 Å². The molecule has 0 heterocycles. The Balaban J connectivity index is 0.000000980. The summed E-state index contributed by atoms with van der Waals surface area (Å²) < 4.78 is 5.13. The fourth-order valence-corrected chi connectivity index (χ4v) is 2.49. The van der Waals surface area contributed by atoms with Crippen LogP contribution in [0.3, 0.4) is 0 Å². The average molecular weight is 204 g/mol. The SMILES string of the molecule is COC1=CC2CCC1(C(=O)[O-])CC2.[Na+]. The molecular formula is C10H13NaO3. The first-order valence-corrected chi connectivity index (χ1v) is 4.67.